The maximum Gasteiger partial charge on any atom is 0.258 e. The number of hydrogen-bond acceptors (Lipinski definition) is 4. The third-order valence-electron chi connectivity index (χ3n) is 5.25. The number of hydrogen-bond donors (Lipinski definition) is 1. The zero-order valence-corrected chi connectivity index (χ0v) is 17.2. The minimum Gasteiger partial charge on any atom is -0.343 e. The van der Waals surface area contributed by atoms with Crippen LogP contribution in [-0.4, -0.2) is 24.0 Å². The number of benzene rings is 2. The van der Waals surface area contributed by atoms with Crippen LogP contribution in [0.25, 0.3) is 5.57 Å². The van der Waals surface area contributed by atoms with Gasteiger partial charge in [-0.1, -0.05) is 29.8 Å². The van der Waals surface area contributed by atoms with Crippen molar-refractivity contribution in [2.45, 2.75) is 20.3 Å². The molecule has 0 fully saturated rings. The molecule has 4 rings (SSSR count). The van der Waals surface area contributed by atoms with Crippen LogP contribution in [0.5, 0.6) is 0 Å². The first-order chi connectivity index (χ1) is 14.0. The van der Waals surface area contributed by atoms with Gasteiger partial charge in [-0.05, 0) is 55.2 Å². The van der Waals surface area contributed by atoms with Gasteiger partial charge in [-0.3, -0.25) is 4.79 Å². The third kappa shape index (κ3) is 4.07. The van der Waals surface area contributed by atoms with E-state index in [0.29, 0.717) is 11.3 Å². The fraction of sp³-hybridized carbons (Fsp3) is 0.217. The second-order valence-corrected chi connectivity index (χ2v) is 8.08. The van der Waals surface area contributed by atoms with Crippen molar-refractivity contribution in [3.63, 3.8) is 0 Å². The van der Waals surface area contributed by atoms with Crippen LogP contribution in [0.15, 0.2) is 59.6 Å². The SMILES string of the molecule is CC1=C(c2ccc(NC(=O)c3c(C)cccc3F)cc2)CN(c2nccs2)CC1. The van der Waals surface area contributed by atoms with Crippen molar-refractivity contribution >= 4 is 33.6 Å². The molecule has 0 atom stereocenters. The van der Waals surface area contributed by atoms with Crippen molar-refractivity contribution in [1.29, 1.82) is 0 Å². The molecule has 1 N–H and O–H groups in total. The highest BCUT2D eigenvalue weighted by molar-refractivity contribution is 7.13. The lowest BCUT2D eigenvalue weighted by atomic mass is 9.95. The maximum absolute atomic E-state index is 14.0. The fourth-order valence-electron chi connectivity index (χ4n) is 3.60. The number of nitrogens with zero attached hydrogens (tertiary/aromatic N) is 2. The number of nitrogens with one attached hydrogen (secondary N) is 1. The molecule has 29 heavy (non-hydrogen) atoms. The Morgan fingerprint density at radius 1 is 1.17 bits per heavy atom. The smallest absolute Gasteiger partial charge is 0.258 e. The van der Waals surface area contributed by atoms with Crippen LogP contribution in [0.2, 0.25) is 0 Å². The summed E-state index contributed by atoms with van der Waals surface area (Å²) in [6, 6.07) is 12.4. The van der Waals surface area contributed by atoms with Gasteiger partial charge in [0.25, 0.3) is 5.91 Å². The standard InChI is InChI=1S/C23H22FN3OS/c1-15-10-12-27(23-25-11-13-29-23)14-19(15)17-6-8-18(9-7-17)26-22(28)21-16(2)4-3-5-20(21)24/h3-9,11,13H,10,12,14H2,1-2H3,(H,26,28). The summed E-state index contributed by atoms with van der Waals surface area (Å²) in [7, 11) is 0. The van der Waals surface area contributed by atoms with Crippen molar-refractivity contribution in [2.75, 3.05) is 23.3 Å². The van der Waals surface area contributed by atoms with Crippen LogP contribution >= 0.6 is 11.3 Å². The molecule has 0 radical (unpaired) electrons. The molecule has 3 aromatic rings. The minimum absolute atomic E-state index is 0.0847. The van der Waals surface area contributed by atoms with E-state index in [0.717, 1.165) is 30.2 Å². The number of halogens is 1. The molecule has 6 heteroatoms. The molecule has 0 unspecified atom stereocenters. The molecule has 1 amide bonds. The Morgan fingerprint density at radius 3 is 2.66 bits per heavy atom. The van der Waals surface area contributed by atoms with E-state index in [1.807, 2.05) is 35.8 Å². The number of anilines is 2. The van der Waals surface area contributed by atoms with Gasteiger partial charge in [0.2, 0.25) is 0 Å². The lowest BCUT2D eigenvalue weighted by Crippen LogP contribution is -2.30. The summed E-state index contributed by atoms with van der Waals surface area (Å²) in [5.74, 6) is -0.944. The third-order valence-corrected chi connectivity index (χ3v) is 6.08. The van der Waals surface area contributed by atoms with Gasteiger partial charge in [-0.2, -0.15) is 0 Å². The molecule has 1 aliphatic rings. The van der Waals surface area contributed by atoms with Crippen LogP contribution in [0.4, 0.5) is 15.2 Å². The molecule has 0 saturated carbocycles. The van der Waals surface area contributed by atoms with E-state index < -0.39 is 11.7 Å². The Bertz CT molecular complexity index is 1040. The number of thiazole rings is 1. The summed E-state index contributed by atoms with van der Waals surface area (Å²) in [4.78, 5) is 19.2. The molecule has 0 spiro atoms. The van der Waals surface area contributed by atoms with Crippen LogP contribution in [0.3, 0.4) is 0 Å². The number of amides is 1. The van der Waals surface area contributed by atoms with Crippen LogP contribution in [-0.2, 0) is 0 Å². The summed E-state index contributed by atoms with van der Waals surface area (Å²) >= 11 is 1.65. The van der Waals surface area contributed by atoms with Crippen molar-refractivity contribution < 1.29 is 9.18 Å². The Kier molecular flexibility index (Phi) is 5.45. The van der Waals surface area contributed by atoms with E-state index in [-0.39, 0.29) is 5.56 Å². The molecule has 148 valence electrons. The molecule has 0 saturated heterocycles. The van der Waals surface area contributed by atoms with Gasteiger partial charge in [0.05, 0.1) is 5.56 Å². The predicted octanol–water partition coefficient (Wildman–Crippen LogP) is 5.53. The topological polar surface area (TPSA) is 45.2 Å². The first-order valence-corrected chi connectivity index (χ1v) is 10.4. The summed E-state index contributed by atoms with van der Waals surface area (Å²) in [5, 5.41) is 5.83. The van der Waals surface area contributed by atoms with Gasteiger partial charge in [0.15, 0.2) is 5.13 Å². The number of rotatable bonds is 4. The van der Waals surface area contributed by atoms with Gasteiger partial charge in [-0.15, -0.1) is 11.3 Å². The van der Waals surface area contributed by atoms with Crippen molar-refractivity contribution in [3.8, 4) is 0 Å². The molecule has 2 aromatic carbocycles. The first-order valence-electron chi connectivity index (χ1n) is 9.53. The molecule has 4 nitrogen and oxygen atoms in total. The lowest BCUT2D eigenvalue weighted by molar-refractivity contribution is 0.102. The highest BCUT2D eigenvalue weighted by atomic mass is 32.1. The molecule has 0 aliphatic carbocycles. The minimum atomic E-state index is -0.510. The van der Waals surface area contributed by atoms with E-state index in [2.05, 4.69) is 22.1 Å². The average Bonchev–Trinajstić information content (AvgIpc) is 3.24. The second-order valence-electron chi connectivity index (χ2n) is 7.21. The van der Waals surface area contributed by atoms with Crippen molar-refractivity contribution in [3.05, 3.63) is 82.1 Å². The lowest BCUT2D eigenvalue weighted by Gasteiger charge is -2.30. The van der Waals surface area contributed by atoms with E-state index in [4.69, 9.17) is 0 Å². The Morgan fingerprint density at radius 2 is 1.97 bits per heavy atom. The average molecular weight is 408 g/mol. The van der Waals surface area contributed by atoms with Gasteiger partial charge in [0.1, 0.15) is 5.82 Å². The number of carbonyl (C=O) groups excluding carboxylic acids is 1. The van der Waals surface area contributed by atoms with Gasteiger partial charge in [0, 0.05) is 30.4 Å². The maximum atomic E-state index is 14.0. The number of aryl methyl sites for hydroxylation is 1. The second kappa shape index (κ2) is 8.17. The van der Waals surface area contributed by atoms with Crippen molar-refractivity contribution in [1.82, 2.24) is 4.98 Å². The molecule has 1 aromatic heterocycles. The van der Waals surface area contributed by atoms with Gasteiger partial charge < -0.3 is 10.2 Å². The zero-order valence-electron chi connectivity index (χ0n) is 16.4. The van der Waals surface area contributed by atoms with Gasteiger partial charge >= 0.3 is 0 Å². The molecule has 2 heterocycles. The zero-order chi connectivity index (χ0) is 20.4. The predicted molar refractivity (Wildman–Crippen MR) is 117 cm³/mol. The van der Waals surface area contributed by atoms with E-state index in [1.54, 1.807) is 30.4 Å². The Labute approximate surface area is 173 Å². The largest absolute Gasteiger partial charge is 0.343 e. The Balaban J connectivity index is 1.51. The summed E-state index contributed by atoms with van der Waals surface area (Å²) in [6.45, 7) is 5.69. The van der Waals surface area contributed by atoms with Crippen molar-refractivity contribution in [2.24, 2.45) is 0 Å². The summed E-state index contributed by atoms with van der Waals surface area (Å²) in [6.07, 6.45) is 2.83. The number of aromatic nitrogens is 1. The van der Waals surface area contributed by atoms with E-state index in [9.17, 15) is 9.18 Å². The molecular weight excluding hydrogens is 385 g/mol. The highest BCUT2D eigenvalue weighted by Gasteiger charge is 2.20. The molecule has 0 bridgehead atoms. The van der Waals surface area contributed by atoms with Crippen LogP contribution in [0.1, 0.15) is 34.8 Å². The highest BCUT2D eigenvalue weighted by Crippen LogP contribution is 2.31. The Hall–Kier alpha value is -2.99. The van der Waals surface area contributed by atoms with E-state index in [1.165, 1.54) is 17.2 Å². The fourth-order valence-corrected chi connectivity index (χ4v) is 4.27. The quantitative estimate of drug-likeness (QED) is 0.619. The summed E-state index contributed by atoms with van der Waals surface area (Å²) < 4.78 is 14.0. The monoisotopic (exact) mass is 407 g/mol. The van der Waals surface area contributed by atoms with Gasteiger partial charge in [-0.25, -0.2) is 9.37 Å². The van der Waals surface area contributed by atoms with E-state index >= 15 is 0 Å². The molecule has 1 aliphatic heterocycles. The van der Waals surface area contributed by atoms with Crippen LogP contribution in [0, 0.1) is 12.7 Å². The normalized spacial score (nSPS) is 14.2. The van der Waals surface area contributed by atoms with Crippen LogP contribution < -0.4 is 10.2 Å². The summed E-state index contributed by atoms with van der Waals surface area (Å²) in [5.41, 5.74) is 5.13. The first kappa shape index (κ1) is 19.3. The number of carbonyl (C=O) groups is 1. The molecular formula is C23H22FN3OS.